The molecule has 0 radical (unpaired) electrons. The molecule has 1 aliphatic heterocycles. The Bertz CT molecular complexity index is 499. The van der Waals surface area contributed by atoms with Crippen LogP contribution in [-0.4, -0.2) is 36.3 Å². The summed E-state index contributed by atoms with van der Waals surface area (Å²) < 4.78 is 26.0. The van der Waals surface area contributed by atoms with E-state index in [-0.39, 0.29) is 18.0 Å². The van der Waals surface area contributed by atoms with Crippen molar-refractivity contribution in [3.8, 4) is 0 Å². The van der Waals surface area contributed by atoms with Gasteiger partial charge in [-0.3, -0.25) is 9.59 Å². The highest BCUT2D eigenvalue weighted by Gasteiger charge is 2.19. The van der Waals surface area contributed by atoms with Gasteiger partial charge in [0.2, 0.25) is 5.91 Å². The van der Waals surface area contributed by atoms with Gasteiger partial charge >= 0.3 is 0 Å². The quantitative estimate of drug-likeness (QED) is 0.898. The minimum absolute atomic E-state index is 0.171. The molecule has 1 N–H and O–H groups in total. The van der Waals surface area contributed by atoms with Crippen LogP contribution in [0.15, 0.2) is 18.2 Å². The summed E-state index contributed by atoms with van der Waals surface area (Å²) >= 11 is 0. The molecule has 0 bridgehead atoms. The van der Waals surface area contributed by atoms with E-state index in [2.05, 4.69) is 5.32 Å². The molecule has 2 rings (SSSR count). The average molecular weight is 268 g/mol. The first-order valence-corrected chi connectivity index (χ1v) is 6.09. The lowest BCUT2D eigenvalue weighted by Gasteiger charge is -2.15. The molecule has 0 spiro atoms. The number of likely N-dealkylation sites (tertiary alicyclic amines) is 1. The molecule has 102 valence electrons. The standard InChI is InChI=1S/C13H14F2N2O2/c14-9-3-4-10(11(15)7-9)13(19)16-8-12(18)17-5-1-2-6-17/h3-4,7H,1-2,5-6,8H2,(H,16,19). The van der Waals surface area contributed by atoms with Gasteiger partial charge in [0.15, 0.2) is 0 Å². The zero-order valence-electron chi connectivity index (χ0n) is 10.3. The van der Waals surface area contributed by atoms with Crippen molar-refractivity contribution in [2.75, 3.05) is 19.6 Å². The van der Waals surface area contributed by atoms with E-state index in [0.717, 1.165) is 25.0 Å². The van der Waals surface area contributed by atoms with Crippen LogP contribution >= 0.6 is 0 Å². The molecule has 0 saturated carbocycles. The Labute approximate surface area is 109 Å². The van der Waals surface area contributed by atoms with Gasteiger partial charge in [0, 0.05) is 19.2 Å². The van der Waals surface area contributed by atoms with E-state index in [1.807, 2.05) is 0 Å². The predicted molar refractivity (Wildman–Crippen MR) is 64.5 cm³/mol. The summed E-state index contributed by atoms with van der Waals surface area (Å²) in [7, 11) is 0. The van der Waals surface area contributed by atoms with Crippen molar-refractivity contribution in [3.63, 3.8) is 0 Å². The predicted octanol–water partition coefficient (Wildman–Crippen LogP) is 1.32. The molecule has 19 heavy (non-hydrogen) atoms. The van der Waals surface area contributed by atoms with Crippen LogP contribution in [0, 0.1) is 11.6 Å². The Morgan fingerprint density at radius 2 is 1.89 bits per heavy atom. The summed E-state index contributed by atoms with van der Waals surface area (Å²) in [5.41, 5.74) is -0.268. The topological polar surface area (TPSA) is 49.4 Å². The lowest BCUT2D eigenvalue weighted by Crippen LogP contribution is -2.38. The fourth-order valence-corrected chi connectivity index (χ4v) is 2.00. The number of amides is 2. The van der Waals surface area contributed by atoms with E-state index in [1.54, 1.807) is 4.90 Å². The van der Waals surface area contributed by atoms with Gasteiger partial charge in [0.1, 0.15) is 11.6 Å². The molecular formula is C13H14F2N2O2. The van der Waals surface area contributed by atoms with E-state index < -0.39 is 17.5 Å². The summed E-state index contributed by atoms with van der Waals surface area (Å²) in [6.45, 7) is 1.22. The number of halogens is 2. The van der Waals surface area contributed by atoms with Crippen molar-refractivity contribution >= 4 is 11.8 Å². The van der Waals surface area contributed by atoms with Gasteiger partial charge in [-0.2, -0.15) is 0 Å². The van der Waals surface area contributed by atoms with Crippen LogP contribution in [0.5, 0.6) is 0 Å². The Hall–Kier alpha value is -1.98. The van der Waals surface area contributed by atoms with E-state index >= 15 is 0 Å². The number of hydrogen-bond acceptors (Lipinski definition) is 2. The lowest BCUT2D eigenvalue weighted by molar-refractivity contribution is -0.129. The molecule has 0 atom stereocenters. The summed E-state index contributed by atoms with van der Waals surface area (Å²) in [4.78, 5) is 25.0. The fraction of sp³-hybridized carbons (Fsp3) is 0.385. The number of carbonyl (C=O) groups is 2. The Morgan fingerprint density at radius 1 is 1.21 bits per heavy atom. The highest BCUT2D eigenvalue weighted by atomic mass is 19.1. The molecule has 1 aromatic carbocycles. The van der Waals surface area contributed by atoms with Gasteiger partial charge in [-0.25, -0.2) is 8.78 Å². The van der Waals surface area contributed by atoms with Crippen LogP contribution in [0.3, 0.4) is 0 Å². The normalized spacial score (nSPS) is 14.5. The van der Waals surface area contributed by atoms with Gasteiger partial charge in [-0.1, -0.05) is 0 Å². The zero-order chi connectivity index (χ0) is 13.8. The van der Waals surface area contributed by atoms with Gasteiger partial charge in [-0.15, -0.1) is 0 Å². The third-order valence-electron chi connectivity index (χ3n) is 3.03. The van der Waals surface area contributed by atoms with Crippen LogP contribution < -0.4 is 5.32 Å². The zero-order valence-corrected chi connectivity index (χ0v) is 10.3. The van der Waals surface area contributed by atoms with Crippen LogP contribution in [0.1, 0.15) is 23.2 Å². The fourth-order valence-electron chi connectivity index (χ4n) is 2.00. The molecule has 0 aliphatic carbocycles. The van der Waals surface area contributed by atoms with Crippen LogP contribution in [0.2, 0.25) is 0 Å². The van der Waals surface area contributed by atoms with E-state index in [1.165, 1.54) is 0 Å². The van der Waals surface area contributed by atoms with E-state index in [0.29, 0.717) is 19.2 Å². The Balaban J connectivity index is 1.92. The second kappa shape index (κ2) is 5.77. The first-order valence-electron chi connectivity index (χ1n) is 6.09. The molecule has 6 heteroatoms. The number of nitrogens with one attached hydrogen (secondary N) is 1. The van der Waals surface area contributed by atoms with Crippen molar-refractivity contribution in [2.45, 2.75) is 12.8 Å². The number of nitrogens with zero attached hydrogens (tertiary/aromatic N) is 1. The molecule has 1 saturated heterocycles. The molecule has 0 aromatic heterocycles. The summed E-state index contributed by atoms with van der Waals surface area (Å²) in [5.74, 6) is -2.59. The van der Waals surface area contributed by atoms with Crippen molar-refractivity contribution in [1.82, 2.24) is 10.2 Å². The molecular weight excluding hydrogens is 254 g/mol. The maximum Gasteiger partial charge on any atom is 0.254 e. The molecule has 1 aliphatic rings. The molecule has 2 amide bonds. The summed E-state index contributed by atoms with van der Waals surface area (Å²) in [6.07, 6.45) is 1.93. The highest BCUT2D eigenvalue weighted by Crippen LogP contribution is 2.10. The van der Waals surface area contributed by atoms with Gasteiger partial charge in [-0.05, 0) is 25.0 Å². The van der Waals surface area contributed by atoms with Crippen molar-refractivity contribution in [1.29, 1.82) is 0 Å². The van der Waals surface area contributed by atoms with Crippen LogP contribution in [0.4, 0.5) is 8.78 Å². The molecule has 4 nitrogen and oxygen atoms in total. The maximum atomic E-state index is 13.3. The monoisotopic (exact) mass is 268 g/mol. The van der Waals surface area contributed by atoms with E-state index in [4.69, 9.17) is 0 Å². The summed E-state index contributed by atoms with van der Waals surface area (Å²) in [6, 6.07) is 2.69. The third kappa shape index (κ3) is 3.27. The van der Waals surface area contributed by atoms with Crippen LogP contribution in [-0.2, 0) is 4.79 Å². The Kier molecular flexibility index (Phi) is 4.09. The second-order valence-electron chi connectivity index (χ2n) is 4.39. The van der Waals surface area contributed by atoms with Crippen molar-refractivity contribution in [2.24, 2.45) is 0 Å². The largest absolute Gasteiger partial charge is 0.343 e. The third-order valence-corrected chi connectivity index (χ3v) is 3.03. The minimum Gasteiger partial charge on any atom is -0.343 e. The van der Waals surface area contributed by atoms with Crippen molar-refractivity contribution < 1.29 is 18.4 Å². The number of benzene rings is 1. The van der Waals surface area contributed by atoms with Gasteiger partial charge in [0.05, 0.1) is 12.1 Å². The maximum absolute atomic E-state index is 13.3. The van der Waals surface area contributed by atoms with Gasteiger partial charge in [0.25, 0.3) is 5.91 Å². The summed E-state index contributed by atoms with van der Waals surface area (Å²) in [5, 5.41) is 2.34. The van der Waals surface area contributed by atoms with E-state index in [9.17, 15) is 18.4 Å². The number of carbonyl (C=O) groups excluding carboxylic acids is 2. The smallest absolute Gasteiger partial charge is 0.254 e. The van der Waals surface area contributed by atoms with Crippen LogP contribution in [0.25, 0.3) is 0 Å². The molecule has 1 heterocycles. The SMILES string of the molecule is O=C(NCC(=O)N1CCCC1)c1ccc(F)cc1F. The first-order chi connectivity index (χ1) is 9.08. The first kappa shape index (κ1) is 13.5. The number of hydrogen-bond donors (Lipinski definition) is 1. The average Bonchev–Trinajstić information content (AvgIpc) is 2.89. The van der Waals surface area contributed by atoms with Gasteiger partial charge < -0.3 is 10.2 Å². The minimum atomic E-state index is -0.939. The van der Waals surface area contributed by atoms with Crippen molar-refractivity contribution in [3.05, 3.63) is 35.4 Å². The molecule has 1 fully saturated rings. The molecule has 0 unspecified atom stereocenters. The number of rotatable bonds is 3. The lowest BCUT2D eigenvalue weighted by atomic mass is 10.2. The highest BCUT2D eigenvalue weighted by molar-refractivity contribution is 5.96. The Morgan fingerprint density at radius 3 is 2.53 bits per heavy atom. The second-order valence-corrected chi connectivity index (χ2v) is 4.39. The molecule has 1 aromatic rings.